The van der Waals surface area contributed by atoms with Crippen LogP contribution in [-0.4, -0.2) is 24.9 Å². The minimum Gasteiger partial charge on any atom is -0.504 e. The van der Waals surface area contributed by atoms with Crippen molar-refractivity contribution in [1.29, 1.82) is 0 Å². The SMILES string of the molecule is CCOc1cc(CC(C)N)cc(O)c1OC. The van der Waals surface area contributed by atoms with Crippen LogP contribution in [0.25, 0.3) is 0 Å². The first-order valence-electron chi connectivity index (χ1n) is 5.36. The zero-order valence-corrected chi connectivity index (χ0v) is 9.99. The Balaban J connectivity index is 3.06. The van der Waals surface area contributed by atoms with Gasteiger partial charge in [-0.1, -0.05) is 0 Å². The average molecular weight is 225 g/mol. The minimum absolute atomic E-state index is 0.0438. The molecule has 0 saturated heterocycles. The quantitative estimate of drug-likeness (QED) is 0.800. The van der Waals surface area contributed by atoms with E-state index in [1.807, 2.05) is 19.9 Å². The topological polar surface area (TPSA) is 64.7 Å². The molecule has 1 atom stereocenters. The summed E-state index contributed by atoms with van der Waals surface area (Å²) in [7, 11) is 1.50. The van der Waals surface area contributed by atoms with Gasteiger partial charge in [0.1, 0.15) is 0 Å². The summed E-state index contributed by atoms with van der Waals surface area (Å²) < 4.78 is 10.5. The van der Waals surface area contributed by atoms with E-state index in [4.69, 9.17) is 15.2 Å². The number of nitrogens with two attached hydrogens (primary N) is 1. The highest BCUT2D eigenvalue weighted by molar-refractivity contribution is 5.53. The van der Waals surface area contributed by atoms with Crippen LogP contribution in [0.15, 0.2) is 12.1 Å². The van der Waals surface area contributed by atoms with Gasteiger partial charge in [-0.3, -0.25) is 0 Å². The number of methoxy groups -OCH3 is 1. The highest BCUT2D eigenvalue weighted by Gasteiger charge is 2.12. The number of phenols is 1. The Morgan fingerprint density at radius 3 is 2.62 bits per heavy atom. The number of phenolic OH excluding ortho intramolecular Hbond substituents is 1. The Hall–Kier alpha value is -1.42. The van der Waals surface area contributed by atoms with Crippen LogP contribution in [0, 0.1) is 0 Å². The van der Waals surface area contributed by atoms with E-state index in [2.05, 4.69) is 0 Å². The van der Waals surface area contributed by atoms with Crippen LogP contribution in [0.3, 0.4) is 0 Å². The van der Waals surface area contributed by atoms with E-state index in [1.165, 1.54) is 7.11 Å². The molecule has 0 aliphatic rings. The van der Waals surface area contributed by atoms with Gasteiger partial charge in [-0.05, 0) is 38.0 Å². The summed E-state index contributed by atoms with van der Waals surface area (Å²) >= 11 is 0. The van der Waals surface area contributed by atoms with Crippen LogP contribution in [-0.2, 0) is 6.42 Å². The molecule has 0 radical (unpaired) electrons. The van der Waals surface area contributed by atoms with Gasteiger partial charge in [-0.15, -0.1) is 0 Å². The molecule has 0 fully saturated rings. The largest absolute Gasteiger partial charge is 0.504 e. The zero-order valence-electron chi connectivity index (χ0n) is 9.99. The molecular formula is C12H19NO3. The van der Waals surface area contributed by atoms with E-state index in [0.717, 1.165) is 5.56 Å². The highest BCUT2D eigenvalue weighted by atomic mass is 16.5. The van der Waals surface area contributed by atoms with E-state index < -0.39 is 0 Å². The first kappa shape index (κ1) is 12.6. The predicted molar refractivity (Wildman–Crippen MR) is 63.2 cm³/mol. The van der Waals surface area contributed by atoms with Crippen LogP contribution in [0.5, 0.6) is 17.2 Å². The first-order valence-corrected chi connectivity index (χ1v) is 5.36. The summed E-state index contributed by atoms with van der Waals surface area (Å²) in [4.78, 5) is 0. The Morgan fingerprint density at radius 2 is 2.12 bits per heavy atom. The molecule has 0 spiro atoms. The Kier molecular flexibility index (Phi) is 4.43. The first-order chi connectivity index (χ1) is 7.58. The summed E-state index contributed by atoms with van der Waals surface area (Å²) in [5, 5.41) is 9.77. The second-order valence-corrected chi connectivity index (χ2v) is 3.76. The van der Waals surface area contributed by atoms with Gasteiger partial charge in [0, 0.05) is 6.04 Å². The molecule has 16 heavy (non-hydrogen) atoms. The van der Waals surface area contributed by atoms with Crippen molar-refractivity contribution in [2.75, 3.05) is 13.7 Å². The lowest BCUT2D eigenvalue weighted by Gasteiger charge is -2.13. The molecule has 0 aliphatic heterocycles. The third kappa shape index (κ3) is 3.03. The number of rotatable bonds is 5. The van der Waals surface area contributed by atoms with Crippen molar-refractivity contribution in [2.45, 2.75) is 26.3 Å². The fourth-order valence-corrected chi connectivity index (χ4v) is 1.60. The molecule has 90 valence electrons. The van der Waals surface area contributed by atoms with Crippen molar-refractivity contribution < 1.29 is 14.6 Å². The van der Waals surface area contributed by atoms with Gasteiger partial charge in [0.2, 0.25) is 5.75 Å². The van der Waals surface area contributed by atoms with Gasteiger partial charge in [0.05, 0.1) is 13.7 Å². The van der Waals surface area contributed by atoms with Crippen LogP contribution in [0.1, 0.15) is 19.4 Å². The van der Waals surface area contributed by atoms with E-state index in [-0.39, 0.29) is 11.8 Å². The molecule has 4 heteroatoms. The molecule has 0 saturated carbocycles. The number of aromatic hydroxyl groups is 1. The Morgan fingerprint density at radius 1 is 1.44 bits per heavy atom. The summed E-state index contributed by atoms with van der Waals surface area (Å²) in [6.07, 6.45) is 0.692. The summed E-state index contributed by atoms with van der Waals surface area (Å²) in [6.45, 7) is 4.33. The van der Waals surface area contributed by atoms with Crippen molar-refractivity contribution in [3.05, 3.63) is 17.7 Å². The molecule has 0 heterocycles. The van der Waals surface area contributed by atoms with Gasteiger partial charge < -0.3 is 20.3 Å². The fraction of sp³-hybridized carbons (Fsp3) is 0.500. The number of hydrogen-bond acceptors (Lipinski definition) is 4. The lowest BCUT2D eigenvalue weighted by molar-refractivity contribution is 0.300. The molecule has 0 amide bonds. The van der Waals surface area contributed by atoms with Crippen LogP contribution < -0.4 is 15.2 Å². The minimum atomic E-state index is 0.0438. The molecule has 0 bridgehead atoms. The molecule has 1 rings (SSSR count). The van der Waals surface area contributed by atoms with E-state index >= 15 is 0 Å². The van der Waals surface area contributed by atoms with Crippen LogP contribution >= 0.6 is 0 Å². The monoisotopic (exact) mass is 225 g/mol. The lowest BCUT2D eigenvalue weighted by Crippen LogP contribution is -2.17. The fourth-order valence-electron chi connectivity index (χ4n) is 1.60. The number of benzene rings is 1. The van der Waals surface area contributed by atoms with Gasteiger partial charge in [0.25, 0.3) is 0 Å². The van der Waals surface area contributed by atoms with E-state index in [9.17, 15) is 5.11 Å². The number of hydrogen-bond donors (Lipinski definition) is 2. The van der Waals surface area contributed by atoms with Gasteiger partial charge >= 0.3 is 0 Å². The van der Waals surface area contributed by atoms with Crippen molar-refractivity contribution in [3.63, 3.8) is 0 Å². The maximum atomic E-state index is 9.77. The average Bonchev–Trinajstić information content (AvgIpc) is 2.16. The number of ether oxygens (including phenoxy) is 2. The molecular weight excluding hydrogens is 206 g/mol. The molecule has 1 unspecified atom stereocenters. The molecule has 1 aromatic carbocycles. The third-order valence-corrected chi connectivity index (χ3v) is 2.16. The summed E-state index contributed by atoms with van der Waals surface area (Å²) in [5.41, 5.74) is 6.66. The zero-order chi connectivity index (χ0) is 12.1. The second-order valence-electron chi connectivity index (χ2n) is 3.76. The van der Waals surface area contributed by atoms with E-state index in [0.29, 0.717) is 24.5 Å². The molecule has 0 aliphatic carbocycles. The van der Waals surface area contributed by atoms with Crippen molar-refractivity contribution >= 4 is 0 Å². The summed E-state index contributed by atoms with van der Waals surface area (Å²) in [6, 6.07) is 3.55. The van der Waals surface area contributed by atoms with Crippen molar-refractivity contribution in [2.24, 2.45) is 5.73 Å². The highest BCUT2D eigenvalue weighted by Crippen LogP contribution is 2.37. The Labute approximate surface area is 96.0 Å². The second kappa shape index (κ2) is 5.61. The standard InChI is InChI=1S/C12H19NO3/c1-4-16-11-7-9(5-8(2)13)6-10(14)12(11)15-3/h6-8,14H,4-5,13H2,1-3H3. The smallest absolute Gasteiger partial charge is 0.203 e. The van der Waals surface area contributed by atoms with Crippen LogP contribution in [0.4, 0.5) is 0 Å². The van der Waals surface area contributed by atoms with Gasteiger partial charge in [-0.25, -0.2) is 0 Å². The van der Waals surface area contributed by atoms with Gasteiger partial charge in [0.15, 0.2) is 11.5 Å². The van der Waals surface area contributed by atoms with Crippen LogP contribution in [0.2, 0.25) is 0 Å². The van der Waals surface area contributed by atoms with Crippen molar-refractivity contribution in [3.8, 4) is 17.2 Å². The maximum absolute atomic E-state index is 9.77. The van der Waals surface area contributed by atoms with Crippen molar-refractivity contribution in [1.82, 2.24) is 0 Å². The molecule has 3 N–H and O–H groups in total. The molecule has 0 aromatic heterocycles. The van der Waals surface area contributed by atoms with Gasteiger partial charge in [-0.2, -0.15) is 0 Å². The predicted octanol–water partition coefficient (Wildman–Crippen LogP) is 1.69. The molecule has 4 nitrogen and oxygen atoms in total. The normalized spacial score (nSPS) is 12.2. The lowest BCUT2D eigenvalue weighted by atomic mass is 10.1. The third-order valence-electron chi connectivity index (χ3n) is 2.16. The Bertz CT molecular complexity index is 350. The molecule has 1 aromatic rings. The van der Waals surface area contributed by atoms with E-state index in [1.54, 1.807) is 6.07 Å². The maximum Gasteiger partial charge on any atom is 0.203 e. The summed E-state index contributed by atoms with van der Waals surface area (Å²) in [5.74, 6) is 1.01.